The Balaban J connectivity index is 1.72. The number of amides is 1. The van der Waals surface area contributed by atoms with Gasteiger partial charge in [-0.1, -0.05) is 23.7 Å². The van der Waals surface area contributed by atoms with Gasteiger partial charge >= 0.3 is 0 Å². The molecule has 1 aliphatic rings. The molecule has 0 radical (unpaired) electrons. The molecule has 0 unspecified atom stereocenters. The molecule has 0 bridgehead atoms. The Bertz CT molecular complexity index is 798. The smallest absolute Gasteiger partial charge is 0.254 e. The van der Waals surface area contributed by atoms with Crippen molar-refractivity contribution in [3.8, 4) is 0 Å². The van der Waals surface area contributed by atoms with Gasteiger partial charge in [0.25, 0.3) is 5.91 Å². The molecule has 0 spiro atoms. The van der Waals surface area contributed by atoms with Crippen molar-refractivity contribution < 1.29 is 13.2 Å². The summed E-state index contributed by atoms with van der Waals surface area (Å²) < 4.78 is 26.7. The third-order valence-electron chi connectivity index (χ3n) is 3.75. The van der Waals surface area contributed by atoms with Crippen molar-refractivity contribution >= 4 is 38.9 Å². The highest BCUT2D eigenvalue weighted by atomic mass is 35.5. The Kier molecular flexibility index (Phi) is 4.72. The molecule has 1 aliphatic heterocycles. The van der Waals surface area contributed by atoms with Crippen LogP contribution in [0.2, 0.25) is 5.02 Å². The zero-order chi connectivity index (χ0) is 16.4. The number of piperazine rings is 1. The molecule has 0 saturated carbocycles. The third-order valence-corrected chi connectivity index (χ3v) is 6.83. The largest absolute Gasteiger partial charge is 0.336 e. The number of hydrogen-bond acceptors (Lipinski definition) is 4. The summed E-state index contributed by atoms with van der Waals surface area (Å²) in [5.74, 6) is -0.0546. The number of hydrogen-bond donors (Lipinski definition) is 0. The summed E-state index contributed by atoms with van der Waals surface area (Å²) in [4.78, 5) is 14.1. The molecule has 2 aromatic rings. The van der Waals surface area contributed by atoms with Gasteiger partial charge in [-0.05, 0) is 23.6 Å². The van der Waals surface area contributed by atoms with Gasteiger partial charge in [0, 0.05) is 31.6 Å². The van der Waals surface area contributed by atoms with Crippen LogP contribution in [0.25, 0.3) is 0 Å². The van der Waals surface area contributed by atoms with Crippen LogP contribution in [-0.4, -0.2) is 49.7 Å². The van der Waals surface area contributed by atoms with Crippen LogP contribution in [0.3, 0.4) is 0 Å². The Labute approximate surface area is 144 Å². The van der Waals surface area contributed by atoms with Gasteiger partial charge in [0.1, 0.15) is 4.90 Å². The van der Waals surface area contributed by atoms with E-state index >= 15 is 0 Å². The highest BCUT2D eigenvalue weighted by molar-refractivity contribution is 7.89. The van der Waals surface area contributed by atoms with Crippen LogP contribution in [0.5, 0.6) is 0 Å². The van der Waals surface area contributed by atoms with E-state index in [1.54, 1.807) is 34.5 Å². The second-order valence-corrected chi connectivity index (χ2v) is 8.23. The van der Waals surface area contributed by atoms with Crippen LogP contribution in [0, 0.1) is 0 Å². The molecule has 0 N–H and O–H groups in total. The van der Waals surface area contributed by atoms with Gasteiger partial charge in [-0.25, -0.2) is 8.42 Å². The lowest BCUT2D eigenvalue weighted by Crippen LogP contribution is -2.50. The van der Waals surface area contributed by atoms with E-state index in [1.807, 2.05) is 5.38 Å². The van der Waals surface area contributed by atoms with Crippen molar-refractivity contribution in [1.29, 1.82) is 0 Å². The first-order chi connectivity index (χ1) is 11.0. The summed E-state index contributed by atoms with van der Waals surface area (Å²) in [7, 11) is -3.63. The SMILES string of the molecule is O=C(c1ccsc1)N1CCN(S(=O)(=O)c2ccccc2Cl)CC1. The molecule has 2 heterocycles. The van der Waals surface area contributed by atoms with Crippen LogP contribution in [0.4, 0.5) is 0 Å². The van der Waals surface area contributed by atoms with Crippen molar-refractivity contribution in [3.63, 3.8) is 0 Å². The van der Waals surface area contributed by atoms with Gasteiger partial charge in [0.2, 0.25) is 10.0 Å². The fourth-order valence-corrected chi connectivity index (χ4v) is 5.04. The summed E-state index contributed by atoms with van der Waals surface area (Å²) in [6, 6.07) is 8.18. The van der Waals surface area contributed by atoms with Crippen LogP contribution in [0.1, 0.15) is 10.4 Å². The molecule has 0 atom stereocenters. The number of rotatable bonds is 3. The van der Waals surface area contributed by atoms with Gasteiger partial charge in [0.05, 0.1) is 10.6 Å². The van der Waals surface area contributed by atoms with E-state index in [0.717, 1.165) is 0 Å². The van der Waals surface area contributed by atoms with Gasteiger partial charge < -0.3 is 4.90 Å². The minimum absolute atomic E-state index is 0.0546. The molecular weight excluding hydrogens is 356 g/mol. The minimum atomic E-state index is -3.63. The maximum absolute atomic E-state index is 12.7. The Morgan fingerprint density at radius 1 is 1.09 bits per heavy atom. The molecule has 3 rings (SSSR count). The number of halogens is 1. The Morgan fingerprint density at radius 3 is 2.39 bits per heavy atom. The number of benzene rings is 1. The average Bonchev–Trinajstić information content (AvgIpc) is 3.09. The standard InChI is InChI=1S/C15H15ClN2O3S2/c16-13-3-1-2-4-14(13)23(20,21)18-8-6-17(7-9-18)15(19)12-5-10-22-11-12/h1-5,10-11H,6-9H2. The molecule has 1 aromatic heterocycles. The lowest BCUT2D eigenvalue weighted by atomic mass is 10.2. The van der Waals surface area contributed by atoms with E-state index in [1.165, 1.54) is 21.7 Å². The van der Waals surface area contributed by atoms with Crippen LogP contribution in [0.15, 0.2) is 46.0 Å². The third kappa shape index (κ3) is 3.28. The number of carbonyl (C=O) groups excluding carboxylic acids is 1. The summed E-state index contributed by atoms with van der Waals surface area (Å²) in [6.07, 6.45) is 0. The van der Waals surface area contributed by atoms with E-state index in [4.69, 9.17) is 11.6 Å². The molecule has 122 valence electrons. The maximum Gasteiger partial charge on any atom is 0.254 e. The first-order valence-electron chi connectivity index (χ1n) is 7.06. The topological polar surface area (TPSA) is 57.7 Å². The predicted octanol–water partition coefficient (Wildman–Crippen LogP) is 2.55. The molecule has 1 fully saturated rings. The lowest BCUT2D eigenvalue weighted by Gasteiger charge is -2.34. The van der Waals surface area contributed by atoms with Crippen molar-refractivity contribution in [2.24, 2.45) is 0 Å². The van der Waals surface area contributed by atoms with Crippen molar-refractivity contribution in [2.75, 3.05) is 26.2 Å². The zero-order valence-electron chi connectivity index (χ0n) is 12.2. The number of thiophene rings is 1. The Morgan fingerprint density at radius 2 is 1.78 bits per heavy atom. The highest BCUT2D eigenvalue weighted by Crippen LogP contribution is 2.25. The molecule has 1 amide bonds. The molecular formula is C15H15ClN2O3S2. The second-order valence-electron chi connectivity index (χ2n) is 5.14. The average molecular weight is 371 g/mol. The molecule has 0 aliphatic carbocycles. The minimum Gasteiger partial charge on any atom is -0.336 e. The van der Waals surface area contributed by atoms with E-state index in [2.05, 4.69) is 0 Å². The summed E-state index contributed by atoms with van der Waals surface area (Å²) >= 11 is 7.47. The first-order valence-corrected chi connectivity index (χ1v) is 9.82. The van der Waals surface area contributed by atoms with Crippen molar-refractivity contribution in [1.82, 2.24) is 9.21 Å². The molecule has 8 heteroatoms. The van der Waals surface area contributed by atoms with Crippen LogP contribution >= 0.6 is 22.9 Å². The lowest BCUT2D eigenvalue weighted by molar-refractivity contribution is 0.0698. The fourth-order valence-electron chi connectivity index (χ4n) is 2.49. The van der Waals surface area contributed by atoms with Gasteiger partial charge in [-0.15, -0.1) is 0 Å². The summed E-state index contributed by atoms with van der Waals surface area (Å²) in [5.41, 5.74) is 0.650. The number of carbonyl (C=O) groups is 1. The molecule has 23 heavy (non-hydrogen) atoms. The monoisotopic (exact) mass is 370 g/mol. The second kappa shape index (κ2) is 6.60. The van der Waals surface area contributed by atoms with E-state index in [9.17, 15) is 13.2 Å². The van der Waals surface area contributed by atoms with Gasteiger partial charge in [-0.2, -0.15) is 15.6 Å². The van der Waals surface area contributed by atoms with E-state index in [0.29, 0.717) is 18.7 Å². The highest BCUT2D eigenvalue weighted by Gasteiger charge is 2.31. The number of sulfonamides is 1. The van der Waals surface area contributed by atoms with Crippen molar-refractivity contribution in [3.05, 3.63) is 51.7 Å². The molecule has 5 nitrogen and oxygen atoms in total. The van der Waals surface area contributed by atoms with Gasteiger partial charge in [-0.3, -0.25) is 4.79 Å². The molecule has 1 aromatic carbocycles. The summed E-state index contributed by atoms with van der Waals surface area (Å²) in [5, 5.41) is 3.87. The van der Waals surface area contributed by atoms with Crippen LogP contribution < -0.4 is 0 Å². The van der Waals surface area contributed by atoms with Crippen molar-refractivity contribution in [2.45, 2.75) is 4.90 Å². The van der Waals surface area contributed by atoms with Gasteiger partial charge in [0.15, 0.2) is 0 Å². The van der Waals surface area contributed by atoms with Crippen LogP contribution in [-0.2, 0) is 10.0 Å². The van der Waals surface area contributed by atoms with E-state index in [-0.39, 0.29) is 28.9 Å². The zero-order valence-corrected chi connectivity index (χ0v) is 14.6. The summed E-state index contributed by atoms with van der Waals surface area (Å²) in [6.45, 7) is 1.28. The van der Waals surface area contributed by atoms with E-state index < -0.39 is 10.0 Å². The normalized spacial score (nSPS) is 16.5. The predicted molar refractivity (Wildman–Crippen MR) is 90.4 cm³/mol. The maximum atomic E-state index is 12.7. The first kappa shape index (κ1) is 16.4. The quantitative estimate of drug-likeness (QED) is 0.834. The fraction of sp³-hybridized carbons (Fsp3) is 0.267. The Hall–Kier alpha value is -1.41. The molecule has 1 saturated heterocycles. The number of nitrogens with zero attached hydrogens (tertiary/aromatic N) is 2.